The van der Waals surface area contributed by atoms with Crippen LogP contribution in [-0.2, 0) is 12.8 Å². The third kappa shape index (κ3) is 2.27. The van der Waals surface area contributed by atoms with Crippen LogP contribution in [0.15, 0.2) is 6.07 Å². The van der Waals surface area contributed by atoms with Crippen LogP contribution < -0.4 is 4.74 Å². The predicted molar refractivity (Wildman–Crippen MR) is 60.3 cm³/mol. The maximum atomic E-state index is 10.5. The smallest absolute Gasteiger partial charge is 0.504 e. The molecule has 2 N–H and O–H groups in total. The molecule has 0 bridgehead atoms. The highest BCUT2D eigenvalue weighted by Crippen LogP contribution is 2.35. The van der Waals surface area contributed by atoms with E-state index in [0.717, 1.165) is 24.0 Å². The monoisotopic (exact) mass is 224 g/mol. The lowest BCUT2D eigenvalue weighted by atomic mass is 9.96. The number of hydrogen-bond donors (Lipinski definition) is 2. The molecule has 16 heavy (non-hydrogen) atoms. The minimum atomic E-state index is -1.42. The molecule has 0 amide bonds. The molecule has 0 fully saturated rings. The first-order chi connectivity index (χ1) is 7.51. The molecule has 0 radical (unpaired) electrons. The Bertz CT molecular complexity index is 410. The summed E-state index contributed by atoms with van der Waals surface area (Å²) >= 11 is 0. The molecular weight excluding hydrogens is 208 g/mol. The summed E-state index contributed by atoms with van der Waals surface area (Å²) in [6, 6.07) is 1.59. The summed E-state index contributed by atoms with van der Waals surface area (Å²) in [7, 11) is 0. The molecule has 0 aliphatic carbocycles. The highest BCUT2D eigenvalue weighted by molar-refractivity contribution is 5.65. The first-order valence-corrected chi connectivity index (χ1v) is 5.26. The molecule has 1 aromatic carbocycles. The van der Waals surface area contributed by atoms with Crippen LogP contribution in [0.5, 0.6) is 11.5 Å². The van der Waals surface area contributed by atoms with E-state index in [0.29, 0.717) is 5.56 Å². The number of phenolic OH excluding ortho intramolecular Hbond substituents is 1. The average molecular weight is 224 g/mol. The Kier molecular flexibility index (Phi) is 3.77. The van der Waals surface area contributed by atoms with Crippen LogP contribution in [0.1, 0.15) is 30.5 Å². The molecule has 0 aromatic heterocycles. The van der Waals surface area contributed by atoms with Crippen molar-refractivity contribution < 1.29 is 19.7 Å². The molecule has 88 valence electrons. The van der Waals surface area contributed by atoms with Crippen LogP contribution in [0, 0.1) is 6.92 Å². The Labute approximate surface area is 94.5 Å². The molecule has 0 heterocycles. The molecule has 0 saturated heterocycles. The van der Waals surface area contributed by atoms with Crippen LogP contribution >= 0.6 is 0 Å². The molecule has 4 nitrogen and oxygen atoms in total. The van der Waals surface area contributed by atoms with E-state index in [1.807, 2.05) is 13.8 Å². The van der Waals surface area contributed by atoms with E-state index in [1.165, 1.54) is 0 Å². The summed E-state index contributed by atoms with van der Waals surface area (Å²) in [6.45, 7) is 5.75. The largest absolute Gasteiger partial charge is 0.511 e. The van der Waals surface area contributed by atoms with Crippen molar-refractivity contribution in [3.8, 4) is 11.5 Å². The third-order valence-corrected chi connectivity index (χ3v) is 2.67. The van der Waals surface area contributed by atoms with Gasteiger partial charge in [-0.05, 0) is 42.5 Å². The van der Waals surface area contributed by atoms with Gasteiger partial charge in [-0.1, -0.05) is 13.8 Å². The van der Waals surface area contributed by atoms with Gasteiger partial charge in [0.1, 0.15) is 0 Å². The zero-order valence-electron chi connectivity index (χ0n) is 9.70. The fourth-order valence-electron chi connectivity index (χ4n) is 1.86. The van der Waals surface area contributed by atoms with E-state index >= 15 is 0 Å². The Morgan fingerprint density at radius 3 is 2.44 bits per heavy atom. The highest BCUT2D eigenvalue weighted by atomic mass is 16.7. The van der Waals surface area contributed by atoms with Gasteiger partial charge in [-0.2, -0.15) is 0 Å². The van der Waals surface area contributed by atoms with E-state index < -0.39 is 6.16 Å². The summed E-state index contributed by atoms with van der Waals surface area (Å²) in [5.41, 5.74) is 2.75. The van der Waals surface area contributed by atoms with Gasteiger partial charge in [0.15, 0.2) is 11.5 Å². The lowest BCUT2D eigenvalue weighted by Crippen LogP contribution is -2.05. The SMILES string of the molecule is CCc1cc(OC(=O)O)c(O)c(C)c1CC. The molecular formula is C12H16O4. The molecule has 1 aromatic rings. The summed E-state index contributed by atoms with van der Waals surface area (Å²) in [6.07, 6.45) is 0.164. The lowest BCUT2D eigenvalue weighted by molar-refractivity contribution is 0.143. The first-order valence-electron chi connectivity index (χ1n) is 5.26. The number of carbonyl (C=O) groups is 1. The fourth-order valence-corrected chi connectivity index (χ4v) is 1.86. The van der Waals surface area contributed by atoms with Gasteiger partial charge in [0.05, 0.1) is 0 Å². The zero-order chi connectivity index (χ0) is 12.3. The van der Waals surface area contributed by atoms with E-state index in [9.17, 15) is 9.90 Å². The van der Waals surface area contributed by atoms with Crippen molar-refractivity contribution in [2.45, 2.75) is 33.6 Å². The number of aryl methyl sites for hydroxylation is 1. The molecule has 0 atom stereocenters. The first kappa shape index (κ1) is 12.4. The Hall–Kier alpha value is -1.71. The molecule has 0 spiro atoms. The van der Waals surface area contributed by atoms with Gasteiger partial charge in [-0.25, -0.2) is 4.79 Å². The van der Waals surface area contributed by atoms with E-state index in [4.69, 9.17) is 5.11 Å². The van der Waals surface area contributed by atoms with Crippen molar-refractivity contribution in [3.63, 3.8) is 0 Å². The number of ether oxygens (including phenoxy) is 1. The predicted octanol–water partition coefficient (Wildman–Crippen LogP) is 2.88. The van der Waals surface area contributed by atoms with Gasteiger partial charge in [0, 0.05) is 0 Å². The van der Waals surface area contributed by atoms with Crippen molar-refractivity contribution in [2.75, 3.05) is 0 Å². The second kappa shape index (κ2) is 4.88. The lowest BCUT2D eigenvalue weighted by Gasteiger charge is -2.14. The third-order valence-electron chi connectivity index (χ3n) is 2.67. The Balaban J connectivity index is 3.32. The van der Waals surface area contributed by atoms with Gasteiger partial charge in [0.25, 0.3) is 0 Å². The number of benzene rings is 1. The Morgan fingerprint density at radius 2 is 2.00 bits per heavy atom. The van der Waals surface area contributed by atoms with Crippen LogP contribution in [0.25, 0.3) is 0 Å². The minimum Gasteiger partial charge on any atom is -0.504 e. The highest BCUT2D eigenvalue weighted by Gasteiger charge is 2.15. The quantitative estimate of drug-likeness (QED) is 0.612. The maximum absolute atomic E-state index is 10.5. The van der Waals surface area contributed by atoms with Gasteiger partial charge in [-0.15, -0.1) is 0 Å². The number of rotatable bonds is 3. The minimum absolute atomic E-state index is 0.0130. The average Bonchev–Trinajstić information content (AvgIpc) is 2.24. The molecule has 4 heteroatoms. The second-order valence-electron chi connectivity index (χ2n) is 3.56. The fraction of sp³-hybridized carbons (Fsp3) is 0.417. The summed E-state index contributed by atoms with van der Waals surface area (Å²) in [4.78, 5) is 10.5. The van der Waals surface area contributed by atoms with Crippen LogP contribution in [-0.4, -0.2) is 16.4 Å². The van der Waals surface area contributed by atoms with Crippen molar-refractivity contribution in [1.29, 1.82) is 0 Å². The summed E-state index contributed by atoms with van der Waals surface area (Å²) in [5.74, 6) is -0.0736. The van der Waals surface area contributed by atoms with Crippen molar-refractivity contribution in [3.05, 3.63) is 22.8 Å². The molecule has 1 rings (SSSR count). The topological polar surface area (TPSA) is 66.8 Å². The van der Waals surface area contributed by atoms with Crippen LogP contribution in [0.3, 0.4) is 0 Å². The number of carboxylic acid groups (broad SMARTS) is 1. The van der Waals surface area contributed by atoms with Gasteiger partial charge >= 0.3 is 6.16 Å². The van der Waals surface area contributed by atoms with Crippen LogP contribution in [0.4, 0.5) is 4.79 Å². The maximum Gasteiger partial charge on any atom is 0.511 e. The number of hydrogen-bond acceptors (Lipinski definition) is 3. The standard InChI is InChI=1S/C12H16O4/c1-4-8-6-10(16-12(14)15)11(13)7(3)9(8)5-2/h6,13H,4-5H2,1-3H3,(H,14,15). The normalized spacial score (nSPS) is 10.2. The second-order valence-corrected chi connectivity index (χ2v) is 3.56. The van der Waals surface area contributed by atoms with Crippen molar-refractivity contribution >= 4 is 6.16 Å². The molecule has 0 aliphatic rings. The summed E-state index contributed by atoms with van der Waals surface area (Å²) < 4.78 is 4.53. The van der Waals surface area contributed by atoms with E-state index in [-0.39, 0.29) is 11.5 Å². The van der Waals surface area contributed by atoms with Gasteiger partial charge in [-0.3, -0.25) is 0 Å². The van der Waals surface area contributed by atoms with Crippen molar-refractivity contribution in [1.82, 2.24) is 0 Å². The molecule has 0 unspecified atom stereocenters. The Morgan fingerprint density at radius 1 is 1.38 bits per heavy atom. The van der Waals surface area contributed by atoms with Gasteiger partial charge in [0.2, 0.25) is 0 Å². The molecule has 0 aliphatic heterocycles. The number of aromatic hydroxyl groups is 1. The number of phenols is 1. The zero-order valence-corrected chi connectivity index (χ0v) is 9.70. The van der Waals surface area contributed by atoms with E-state index in [1.54, 1.807) is 13.0 Å². The van der Waals surface area contributed by atoms with Crippen LogP contribution in [0.2, 0.25) is 0 Å². The molecule has 0 saturated carbocycles. The summed E-state index contributed by atoms with van der Waals surface area (Å²) in [5, 5.41) is 18.3. The van der Waals surface area contributed by atoms with Crippen molar-refractivity contribution in [2.24, 2.45) is 0 Å². The van der Waals surface area contributed by atoms with E-state index in [2.05, 4.69) is 4.74 Å². The van der Waals surface area contributed by atoms with Gasteiger partial charge < -0.3 is 14.9 Å².